The summed E-state index contributed by atoms with van der Waals surface area (Å²) < 4.78 is 5.44. The summed E-state index contributed by atoms with van der Waals surface area (Å²) in [6, 6.07) is 14.2. The maximum Gasteiger partial charge on any atom is 0.126 e. The van der Waals surface area contributed by atoms with E-state index in [4.69, 9.17) is 16.3 Å². The highest BCUT2D eigenvalue weighted by molar-refractivity contribution is 6.31. The second-order valence-electron chi connectivity index (χ2n) is 4.44. The molecular weight excluding hydrogens is 258 g/mol. The molecule has 1 atom stereocenters. The molecule has 0 spiro atoms. The van der Waals surface area contributed by atoms with Crippen molar-refractivity contribution in [1.29, 1.82) is 0 Å². The van der Waals surface area contributed by atoms with Crippen LogP contribution in [0.2, 0.25) is 5.02 Å². The minimum Gasteiger partial charge on any atom is -0.496 e. The fourth-order valence-electron chi connectivity index (χ4n) is 2.17. The molecule has 0 saturated carbocycles. The van der Waals surface area contributed by atoms with Crippen LogP contribution in [0.15, 0.2) is 42.5 Å². The van der Waals surface area contributed by atoms with E-state index in [-0.39, 0.29) is 6.04 Å². The third kappa shape index (κ3) is 2.91. The highest BCUT2D eigenvalue weighted by atomic mass is 35.5. The summed E-state index contributed by atoms with van der Waals surface area (Å²) in [4.78, 5) is 0. The Morgan fingerprint density at radius 2 is 1.84 bits per heavy atom. The van der Waals surface area contributed by atoms with Crippen molar-refractivity contribution in [3.8, 4) is 16.9 Å². The lowest BCUT2D eigenvalue weighted by atomic mass is 9.95. The predicted molar refractivity (Wildman–Crippen MR) is 80.9 cm³/mol. The van der Waals surface area contributed by atoms with Crippen molar-refractivity contribution < 1.29 is 4.74 Å². The van der Waals surface area contributed by atoms with E-state index in [1.165, 1.54) is 5.56 Å². The van der Waals surface area contributed by atoms with Crippen molar-refractivity contribution in [3.63, 3.8) is 0 Å². The molecule has 2 rings (SSSR count). The Balaban J connectivity index is 2.61. The Morgan fingerprint density at radius 3 is 2.53 bits per heavy atom. The Bertz CT molecular complexity index is 568. The van der Waals surface area contributed by atoms with Crippen molar-refractivity contribution in [2.75, 3.05) is 14.2 Å². The van der Waals surface area contributed by atoms with Gasteiger partial charge in [0, 0.05) is 16.6 Å². The zero-order valence-electron chi connectivity index (χ0n) is 11.4. The van der Waals surface area contributed by atoms with Gasteiger partial charge >= 0.3 is 0 Å². The lowest BCUT2D eigenvalue weighted by Crippen LogP contribution is -2.13. The maximum absolute atomic E-state index is 6.12. The van der Waals surface area contributed by atoms with Gasteiger partial charge in [-0.25, -0.2) is 0 Å². The van der Waals surface area contributed by atoms with Gasteiger partial charge in [-0.05, 0) is 43.3 Å². The van der Waals surface area contributed by atoms with Crippen molar-refractivity contribution in [2.45, 2.75) is 13.0 Å². The summed E-state index contributed by atoms with van der Waals surface area (Å²) in [6.07, 6.45) is 0. The molecule has 2 aromatic rings. The molecule has 0 radical (unpaired) electrons. The summed E-state index contributed by atoms with van der Waals surface area (Å²) >= 11 is 6.12. The molecule has 0 saturated heterocycles. The zero-order valence-corrected chi connectivity index (χ0v) is 12.2. The fourth-order valence-corrected chi connectivity index (χ4v) is 2.34. The van der Waals surface area contributed by atoms with E-state index in [1.807, 2.05) is 37.4 Å². The smallest absolute Gasteiger partial charge is 0.126 e. The first-order chi connectivity index (χ1) is 9.17. The molecule has 1 unspecified atom stereocenters. The maximum atomic E-state index is 6.12. The molecule has 19 heavy (non-hydrogen) atoms. The first-order valence-corrected chi connectivity index (χ1v) is 6.65. The van der Waals surface area contributed by atoms with Gasteiger partial charge in [-0.15, -0.1) is 0 Å². The Labute approximate surface area is 119 Å². The van der Waals surface area contributed by atoms with Crippen molar-refractivity contribution in [2.24, 2.45) is 0 Å². The normalized spacial score (nSPS) is 12.2. The molecule has 0 aromatic heterocycles. The van der Waals surface area contributed by atoms with Gasteiger partial charge in [-0.1, -0.05) is 35.9 Å². The number of hydrogen-bond donors (Lipinski definition) is 1. The van der Waals surface area contributed by atoms with Gasteiger partial charge in [0.1, 0.15) is 5.75 Å². The summed E-state index contributed by atoms with van der Waals surface area (Å²) in [6.45, 7) is 2.13. The number of methoxy groups -OCH3 is 1. The van der Waals surface area contributed by atoms with E-state index in [0.717, 1.165) is 16.9 Å². The summed E-state index contributed by atoms with van der Waals surface area (Å²) in [7, 11) is 3.63. The Morgan fingerprint density at radius 1 is 1.11 bits per heavy atom. The quantitative estimate of drug-likeness (QED) is 0.898. The standard InChI is InChI=1S/C16H18ClNO/c1-11(18-2)13-6-4-5-7-14(13)15-10-12(17)8-9-16(15)19-3/h4-11,18H,1-3H3. The molecule has 0 fully saturated rings. The second kappa shape index (κ2) is 6.09. The van der Waals surface area contributed by atoms with Gasteiger partial charge in [0.25, 0.3) is 0 Å². The van der Waals surface area contributed by atoms with Crippen LogP contribution in [0.25, 0.3) is 11.1 Å². The van der Waals surface area contributed by atoms with E-state index in [2.05, 4.69) is 24.4 Å². The number of ether oxygens (including phenoxy) is 1. The zero-order chi connectivity index (χ0) is 13.8. The van der Waals surface area contributed by atoms with Gasteiger partial charge in [0.2, 0.25) is 0 Å². The molecule has 0 aliphatic rings. The Hall–Kier alpha value is -1.51. The van der Waals surface area contributed by atoms with Crippen LogP contribution in [0, 0.1) is 0 Å². The van der Waals surface area contributed by atoms with E-state index in [0.29, 0.717) is 5.02 Å². The number of benzene rings is 2. The van der Waals surface area contributed by atoms with E-state index in [9.17, 15) is 0 Å². The van der Waals surface area contributed by atoms with Gasteiger partial charge < -0.3 is 10.1 Å². The molecule has 1 N–H and O–H groups in total. The van der Waals surface area contributed by atoms with E-state index in [1.54, 1.807) is 7.11 Å². The van der Waals surface area contributed by atoms with Gasteiger partial charge in [-0.3, -0.25) is 0 Å². The highest BCUT2D eigenvalue weighted by Crippen LogP contribution is 2.36. The molecule has 100 valence electrons. The van der Waals surface area contributed by atoms with Crippen molar-refractivity contribution >= 4 is 11.6 Å². The van der Waals surface area contributed by atoms with Crippen LogP contribution < -0.4 is 10.1 Å². The second-order valence-corrected chi connectivity index (χ2v) is 4.88. The average Bonchev–Trinajstić information content (AvgIpc) is 2.46. The van der Waals surface area contributed by atoms with Gasteiger partial charge in [0.15, 0.2) is 0 Å². The molecular formula is C16H18ClNO. The summed E-state index contributed by atoms with van der Waals surface area (Å²) in [5.41, 5.74) is 3.39. The molecule has 3 heteroatoms. The average molecular weight is 276 g/mol. The number of halogens is 1. The van der Waals surface area contributed by atoms with Crippen LogP contribution in [-0.2, 0) is 0 Å². The third-order valence-corrected chi connectivity index (χ3v) is 3.55. The van der Waals surface area contributed by atoms with Gasteiger partial charge in [-0.2, -0.15) is 0 Å². The van der Waals surface area contributed by atoms with Crippen LogP contribution in [-0.4, -0.2) is 14.2 Å². The molecule has 0 aliphatic heterocycles. The first kappa shape index (κ1) is 13.9. The summed E-state index contributed by atoms with van der Waals surface area (Å²) in [5, 5.41) is 3.98. The number of rotatable bonds is 4. The van der Waals surface area contributed by atoms with Gasteiger partial charge in [0.05, 0.1) is 7.11 Å². The minimum absolute atomic E-state index is 0.264. The first-order valence-electron chi connectivity index (χ1n) is 6.27. The molecule has 2 nitrogen and oxygen atoms in total. The lowest BCUT2D eigenvalue weighted by Gasteiger charge is -2.18. The van der Waals surface area contributed by atoms with E-state index < -0.39 is 0 Å². The van der Waals surface area contributed by atoms with Crippen LogP contribution in [0.3, 0.4) is 0 Å². The molecule has 0 bridgehead atoms. The SMILES string of the molecule is CNC(C)c1ccccc1-c1cc(Cl)ccc1OC. The monoisotopic (exact) mass is 275 g/mol. The van der Waals surface area contributed by atoms with Crippen LogP contribution >= 0.6 is 11.6 Å². The molecule has 2 aromatic carbocycles. The van der Waals surface area contributed by atoms with Crippen LogP contribution in [0.5, 0.6) is 5.75 Å². The Kier molecular flexibility index (Phi) is 4.46. The molecule has 0 heterocycles. The third-order valence-electron chi connectivity index (χ3n) is 3.31. The van der Waals surface area contributed by atoms with E-state index >= 15 is 0 Å². The molecule has 0 amide bonds. The largest absolute Gasteiger partial charge is 0.496 e. The number of nitrogens with one attached hydrogen (secondary N) is 1. The molecule has 0 aliphatic carbocycles. The van der Waals surface area contributed by atoms with Crippen molar-refractivity contribution in [1.82, 2.24) is 5.32 Å². The van der Waals surface area contributed by atoms with Crippen molar-refractivity contribution in [3.05, 3.63) is 53.1 Å². The highest BCUT2D eigenvalue weighted by Gasteiger charge is 2.13. The number of hydrogen-bond acceptors (Lipinski definition) is 2. The lowest BCUT2D eigenvalue weighted by molar-refractivity contribution is 0.416. The summed E-state index contributed by atoms with van der Waals surface area (Å²) in [5.74, 6) is 0.833. The minimum atomic E-state index is 0.264. The topological polar surface area (TPSA) is 21.3 Å². The van der Waals surface area contributed by atoms with Crippen LogP contribution in [0.1, 0.15) is 18.5 Å². The van der Waals surface area contributed by atoms with Crippen LogP contribution in [0.4, 0.5) is 0 Å². The predicted octanol–water partition coefficient (Wildman–Crippen LogP) is 4.30. The fraction of sp³-hybridized carbons (Fsp3) is 0.250.